The molecular weight excluding hydrogens is 416 g/mol. The van der Waals surface area contributed by atoms with Crippen molar-refractivity contribution in [2.24, 2.45) is 5.92 Å². The summed E-state index contributed by atoms with van der Waals surface area (Å²) in [7, 11) is 0. The van der Waals surface area contributed by atoms with Crippen molar-refractivity contribution in [2.45, 2.75) is 52.4 Å². The lowest BCUT2D eigenvalue weighted by Gasteiger charge is -2.36. The van der Waals surface area contributed by atoms with Gasteiger partial charge in [0.25, 0.3) is 0 Å². The van der Waals surface area contributed by atoms with Gasteiger partial charge in [0.05, 0.1) is 5.39 Å². The molecule has 1 saturated heterocycles. The van der Waals surface area contributed by atoms with Gasteiger partial charge in [0.1, 0.15) is 16.5 Å². The Balaban J connectivity index is 1.45. The van der Waals surface area contributed by atoms with Crippen LogP contribution in [0.3, 0.4) is 0 Å². The summed E-state index contributed by atoms with van der Waals surface area (Å²) in [4.78, 5) is 29.7. The van der Waals surface area contributed by atoms with Gasteiger partial charge in [-0.3, -0.25) is 4.79 Å². The molecule has 3 aromatic rings. The molecule has 0 N–H and O–H groups in total. The summed E-state index contributed by atoms with van der Waals surface area (Å²) in [6.45, 7) is 7.20. The van der Waals surface area contributed by atoms with Crippen molar-refractivity contribution in [3.05, 3.63) is 52.2 Å². The molecule has 0 bridgehead atoms. The van der Waals surface area contributed by atoms with E-state index in [1.165, 1.54) is 40.7 Å². The van der Waals surface area contributed by atoms with E-state index in [-0.39, 0.29) is 11.8 Å². The fourth-order valence-electron chi connectivity index (χ4n) is 4.93. The molecule has 32 heavy (non-hydrogen) atoms. The fourth-order valence-corrected chi connectivity index (χ4v) is 6.20. The molecule has 0 radical (unpaired) electrons. The van der Waals surface area contributed by atoms with Crippen molar-refractivity contribution < 1.29 is 4.79 Å². The zero-order valence-corrected chi connectivity index (χ0v) is 20.0. The van der Waals surface area contributed by atoms with Crippen LogP contribution in [0.1, 0.15) is 48.5 Å². The second-order valence-corrected chi connectivity index (χ2v) is 10.4. The number of aryl methyl sites for hydroxylation is 4. The zero-order valence-electron chi connectivity index (χ0n) is 19.1. The first-order valence-corrected chi connectivity index (χ1v) is 12.8. The van der Waals surface area contributed by atoms with Gasteiger partial charge in [-0.05, 0) is 43.2 Å². The summed E-state index contributed by atoms with van der Waals surface area (Å²) >= 11 is 1.88. The summed E-state index contributed by atoms with van der Waals surface area (Å²) in [5, 5.41) is 1.29. The number of thiophene rings is 1. The van der Waals surface area contributed by atoms with Crippen LogP contribution in [-0.4, -0.2) is 47.0 Å². The van der Waals surface area contributed by atoms with Crippen LogP contribution in [0.15, 0.2) is 30.3 Å². The predicted octanol–water partition coefficient (Wildman–Crippen LogP) is 4.66. The number of fused-ring (bicyclic) bond motifs is 3. The van der Waals surface area contributed by atoms with Gasteiger partial charge in [-0.2, -0.15) is 0 Å². The zero-order chi connectivity index (χ0) is 22.1. The maximum absolute atomic E-state index is 12.5. The third-order valence-electron chi connectivity index (χ3n) is 6.71. The number of nitrogens with zero attached hydrogens (tertiary/aromatic N) is 4. The first-order chi connectivity index (χ1) is 15.6. The quantitative estimate of drug-likeness (QED) is 0.570. The second kappa shape index (κ2) is 9.18. The van der Waals surface area contributed by atoms with Gasteiger partial charge < -0.3 is 9.80 Å². The molecule has 5 rings (SSSR count). The third-order valence-corrected chi connectivity index (χ3v) is 7.89. The summed E-state index contributed by atoms with van der Waals surface area (Å²) < 4.78 is 0. The lowest BCUT2D eigenvalue weighted by atomic mass is 9.96. The van der Waals surface area contributed by atoms with Gasteiger partial charge in [0.2, 0.25) is 5.91 Å². The standard InChI is InChI=1S/C26H32N4OS/c1-18(2)26(31)30-16-14-29(15-17-30)24-23-20-10-6-7-11-21(20)32-25(23)28-22(27-24)13-12-19-8-4-3-5-9-19/h3-5,8-9,18H,6-7,10-17H2,1-2H3. The summed E-state index contributed by atoms with van der Waals surface area (Å²) in [6, 6.07) is 10.6. The molecule has 5 nitrogen and oxygen atoms in total. The van der Waals surface area contributed by atoms with E-state index < -0.39 is 0 Å². The van der Waals surface area contributed by atoms with Crippen LogP contribution in [-0.2, 0) is 30.5 Å². The molecule has 2 aromatic heterocycles. The minimum atomic E-state index is 0.0563. The van der Waals surface area contributed by atoms with Gasteiger partial charge >= 0.3 is 0 Å². The van der Waals surface area contributed by atoms with Crippen LogP contribution in [0, 0.1) is 5.92 Å². The number of hydrogen-bond donors (Lipinski definition) is 0. The molecule has 1 aliphatic heterocycles. The Morgan fingerprint density at radius 2 is 1.75 bits per heavy atom. The molecule has 3 heterocycles. The van der Waals surface area contributed by atoms with Crippen molar-refractivity contribution in [2.75, 3.05) is 31.1 Å². The highest BCUT2D eigenvalue weighted by Gasteiger charge is 2.28. The van der Waals surface area contributed by atoms with Crippen molar-refractivity contribution in [1.29, 1.82) is 0 Å². The first kappa shape index (κ1) is 21.4. The summed E-state index contributed by atoms with van der Waals surface area (Å²) in [5.41, 5.74) is 2.81. The topological polar surface area (TPSA) is 49.3 Å². The largest absolute Gasteiger partial charge is 0.352 e. The van der Waals surface area contributed by atoms with E-state index in [4.69, 9.17) is 9.97 Å². The van der Waals surface area contributed by atoms with E-state index in [1.54, 1.807) is 0 Å². The second-order valence-electron chi connectivity index (χ2n) is 9.31. The smallest absolute Gasteiger partial charge is 0.225 e. The van der Waals surface area contributed by atoms with Gasteiger partial charge in [0.15, 0.2) is 0 Å². The SMILES string of the molecule is CC(C)C(=O)N1CCN(c2nc(CCc3ccccc3)nc3sc4c(c23)CCCC4)CC1. The normalized spacial score (nSPS) is 16.6. The molecule has 1 aromatic carbocycles. The highest BCUT2D eigenvalue weighted by atomic mass is 32.1. The Labute approximate surface area is 194 Å². The molecule has 0 unspecified atom stereocenters. The monoisotopic (exact) mass is 448 g/mol. The molecular formula is C26H32N4OS. The van der Waals surface area contributed by atoms with Gasteiger partial charge in [-0.15, -0.1) is 11.3 Å². The number of hydrogen-bond acceptors (Lipinski definition) is 5. The minimum absolute atomic E-state index is 0.0563. The molecule has 2 aliphatic rings. The number of carbonyl (C=O) groups is 1. The fraction of sp³-hybridized carbons (Fsp3) is 0.500. The first-order valence-electron chi connectivity index (χ1n) is 12.0. The predicted molar refractivity (Wildman–Crippen MR) is 132 cm³/mol. The Bertz CT molecular complexity index is 1100. The van der Waals surface area contributed by atoms with Crippen LogP contribution >= 0.6 is 11.3 Å². The van der Waals surface area contributed by atoms with Crippen LogP contribution in [0.2, 0.25) is 0 Å². The lowest BCUT2D eigenvalue weighted by molar-refractivity contribution is -0.134. The van der Waals surface area contributed by atoms with E-state index in [1.807, 2.05) is 30.1 Å². The van der Waals surface area contributed by atoms with Crippen LogP contribution < -0.4 is 4.90 Å². The van der Waals surface area contributed by atoms with Gasteiger partial charge in [0, 0.05) is 43.4 Å². The maximum atomic E-state index is 12.5. The Morgan fingerprint density at radius 3 is 2.50 bits per heavy atom. The Morgan fingerprint density at radius 1 is 1.00 bits per heavy atom. The van der Waals surface area contributed by atoms with E-state index in [0.29, 0.717) is 0 Å². The molecule has 0 atom stereocenters. The highest BCUT2D eigenvalue weighted by Crippen LogP contribution is 2.40. The number of amides is 1. The number of anilines is 1. The number of rotatable bonds is 5. The number of benzene rings is 1. The van der Waals surface area contributed by atoms with Crippen molar-refractivity contribution in [1.82, 2.24) is 14.9 Å². The van der Waals surface area contributed by atoms with Gasteiger partial charge in [-0.25, -0.2) is 9.97 Å². The molecule has 0 saturated carbocycles. The molecule has 1 amide bonds. The van der Waals surface area contributed by atoms with Crippen LogP contribution in [0.5, 0.6) is 0 Å². The van der Waals surface area contributed by atoms with Crippen molar-refractivity contribution >= 4 is 33.3 Å². The van der Waals surface area contributed by atoms with Gasteiger partial charge in [-0.1, -0.05) is 44.2 Å². The molecule has 168 valence electrons. The van der Waals surface area contributed by atoms with E-state index >= 15 is 0 Å². The third kappa shape index (κ3) is 4.25. The van der Waals surface area contributed by atoms with E-state index in [9.17, 15) is 4.79 Å². The number of piperazine rings is 1. The summed E-state index contributed by atoms with van der Waals surface area (Å²) in [6.07, 6.45) is 6.64. The van der Waals surface area contributed by atoms with Crippen LogP contribution in [0.4, 0.5) is 5.82 Å². The number of carbonyl (C=O) groups excluding carboxylic acids is 1. The van der Waals surface area contributed by atoms with Crippen molar-refractivity contribution in [3.8, 4) is 0 Å². The molecule has 1 fully saturated rings. The van der Waals surface area contributed by atoms with E-state index in [0.717, 1.165) is 61.9 Å². The summed E-state index contributed by atoms with van der Waals surface area (Å²) in [5.74, 6) is 2.36. The van der Waals surface area contributed by atoms with Crippen LogP contribution in [0.25, 0.3) is 10.2 Å². The average Bonchev–Trinajstić information content (AvgIpc) is 3.21. The van der Waals surface area contributed by atoms with Crippen molar-refractivity contribution in [3.63, 3.8) is 0 Å². The number of aromatic nitrogens is 2. The molecule has 6 heteroatoms. The molecule has 0 spiro atoms. The average molecular weight is 449 g/mol. The van der Waals surface area contributed by atoms with E-state index in [2.05, 4.69) is 35.2 Å². The minimum Gasteiger partial charge on any atom is -0.352 e. The maximum Gasteiger partial charge on any atom is 0.225 e. The Kier molecular flexibility index (Phi) is 6.13. The Hall–Kier alpha value is -2.47. The highest BCUT2D eigenvalue weighted by molar-refractivity contribution is 7.19. The molecule has 1 aliphatic carbocycles. The lowest BCUT2D eigenvalue weighted by Crippen LogP contribution is -2.50.